The first-order valence-electron chi connectivity index (χ1n) is 6.28. The first-order valence-corrected chi connectivity index (χ1v) is 6.28. The van der Waals surface area contributed by atoms with Crippen molar-refractivity contribution < 1.29 is 9.90 Å². The van der Waals surface area contributed by atoms with Gasteiger partial charge in [-0.2, -0.15) is 0 Å². The number of carbonyl (C=O) groups is 1. The van der Waals surface area contributed by atoms with Crippen LogP contribution in [0.2, 0.25) is 0 Å². The van der Waals surface area contributed by atoms with Crippen LogP contribution in [0.15, 0.2) is 24.3 Å². The molecule has 0 fully saturated rings. The van der Waals surface area contributed by atoms with Gasteiger partial charge in [0.15, 0.2) is 0 Å². The molecular weight excluding hydrogens is 214 g/mol. The Kier molecular flexibility index (Phi) is 3.67. The summed E-state index contributed by atoms with van der Waals surface area (Å²) in [5.74, 6) is -0.697. The van der Waals surface area contributed by atoms with Gasteiger partial charge in [-0.1, -0.05) is 25.1 Å². The largest absolute Gasteiger partial charge is 0.481 e. The lowest BCUT2D eigenvalue weighted by molar-refractivity contribution is -0.137. The predicted molar refractivity (Wildman–Crippen MR) is 68.4 cm³/mol. The molecule has 0 spiro atoms. The van der Waals surface area contributed by atoms with Gasteiger partial charge in [-0.25, -0.2) is 0 Å². The number of anilines is 1. The van der Waals surface area contributed by atoms with Crippen LogP contribution in [-0.2, 0) is 11.2 Å². The monoisotopic (exact) mass is 233 g/mol. The van der Waals surface area contributed by atoms with Crippen LogP contribution in [0.4, 0.5) is 5.69 Å². The van der Waals surface area contributed by atoms with E-state index in [0.29, 0.717) is 6.04 Å². The standard InChI is InChI=1S/C14H19NO2/c1-2-9-15-12(7-8-14(16)17)10-11-5-3-4-6-13(11)15/h3-6,12H,2,7-10H2,1H3,(H,16,17). The Labute approximate surface area is 102 Å². The molecule has 0 amide bonds. The van der Waals surface area contributed by atoms with Crippen molar-refractivity contribution in [3.8, 4) is 0 Å². The van der Waals surface area contributed by atoms with Crippen LogP contribution >= 0.6 is 0 Å². The average molecular weight is 233 g/mol. The van der Waals surface area contributed by atoms with Gasteiger partial charge in [0.05, 0.1) is 0 Å². The highest BCUT2D eigenvalue weighted by molar-refractivity contribution is 5.67. The Morgan fingerprint density at radius 1 is 1.47 bits per heavy atom. The summed E-state index contributed by atoms with van der Waals surface area (Å²) in [5, 5.41) is 8.79. The lowest BCUT2D eigenvalue weighted by atomic mass is 10.1. The summed E-state index contributed by atoms with van der Waals surface area (Å²) in [6.45, 7) is 3.18. The van der Waals surface area contributed by atoms with Crippen LogP contribution in [0.25, 0.3) is 0 Å². The first kappa shape index (κ1) is 12.0. The third-order valence-corrected chi connectivity index (χ3v) is 3.35. The molecule has 0 aliphatic carbocycles. The minimum Gasteiger partial charge on any atom is -0.481 e. The normalized spacial score (nSPS) is 18.2. The Morgan fingerprint density at radius 2 is 2.24 bits per heavy atom. The molecule has 0 radical (unpaired) electrons. The van der Waals surface area contributed by atoms with Gasteiger partial charge in [0.25, 0.3) is 0 Å². The van der Waals surface area contributed by atoms with Crippen LogP contribution in [0, 0.1) is 0 Å². The number of nitrogens with zero attached hydrogens (tertiary/aromatic N) is 1. The molecule has 0 bridgehead atoms. The maximum Gasteiger partial charge on any atom is 0.303 e. The fraction of sp³-hybridized carbons (Fsp3) is 0.500. The van der Waals surface area contributed by atoms with Crippen LogP contribution < -0.4 is 4.90 Å². The van der Waals surface area contributed by atoms with E-state index in [0.717, 1.165) is 25.8 Å². The lowest BCUT2D eigenvalue weighted by Crippen LogP contribution is -2.33. The van der Waals surface area contributed by atoms with Crippen molar-refractivity contribution in [2.45, 2.75) is 38.6 Å². The molecule has 1 aromatic carbocycles. The highest BCUT2D eigenvalue weighted by Crippen LogP contribution is 2.33. The van der Waals surface area contributed by atoms with E-state index in [-0.39, 0.29) is 6.42 Å². The zero-order valence-electron chi connectivity index (χ0n) is 10.2. The number of aliphatic carboxylic acids is 1. The maximum absolute atomic E-state index is 10.7. The van der Waals surface area contributed by atoms with Gasteiger partial charge in [-0.15, -0.1) is 0 Å². The van der Waals surface area contributed by atoms with Crippen molar-refractivity contribution >= 4 is 11.7 Å². The summed E-state index contributed by atoms with van der Waals surface area (Å²) in [4.78, 5) is 13.0. The third kappa shape index (κ3) is 2.60. The molecule has 0 saturated heterocycles. The van der Waals surface area contributed by atoms with E-state index in [1.54, 1.807) is 0 Å². The average Bonchev–Trinajstić information content (AvgIpc) is 2.66. The molecule has 1 aliphatic heterocycles. The Morgan fingerprint density at radius 3 is 2.94 bits per heavy atom. The third-order valence-electron chi connectivity index (χ3n) is 3.35. The van der Waals surface area contributed by atoms with Gasteiger partial charge in [-0.3, -0.25) is 4.79 Å². The van der Waals surface area contributed by atoms with E-state index in [2.05, 4.69) is 36.1 Å². The smallest absolute Gasteiger partial charge is 0.303 e. The molecule has 1 aromatic rings. The highest BCUT2D eigenvalue weighted by atomic mass is 16.4. The molecule has 0 aromatic heterocycles. The molecule has 17 heavy (non-hydrogen) atoms. The summed E-state index contributed by atoms with van der Waals surface area (Å²) in [6.07, 6.45) is 3.09. The number of fused-ring (bicyclic) bond motifs is 1. The van der Waals surface area contributed by atoms with Gasteiger partial charge in [-0.05, 0) is 30.9 Å². The van der Waals surface area contributed by atoms with E-state index in [4.69, 9.17) is 5.11 Å². The molecule has 1 unspecified atom stereocenters. The second-order valence-corrected chi connectivity index (χ2v) is 4.61. The number of carboxylic acid groups (broad SMARTS) is 1. The molecule has 1 aliphatic rings. The molecule has 3 heteroatoms. The Bertz CT molecular complexity index is 403. The molecule has 92 valence electrons. The van der Waals surface area contributed by atoms with Gasteiger partial charge < -0.3 is 10.0 Å². The predicted octanol–water partition coefficient (Wildman–Crippen LogP) is 2.69. The van der Waals surface area contributed by atoms with E-state index in [9.17, 15) is 4.79 Å². The molecule has 0 saturated carbocycles. The van der Waals surface area contributed by atoms with Crippen molar-refractivity contribution in [2.75, 3.05) is 11.4 Å². The quantitative estimate of drug-likeness (QED) is 0.850. The summed E-state index contributed by atoms with van der Waals surface area (Å²) >= 11 is 0. The van der Waals surface area contributed by atoms with Crippen LogP contribution in [0.3, 0.4) is 0 Å². The second-order valence-electron chi connectivity index (χ2n) is 4.61. The lowest BCUT2D eigenvalue weighted by Gasteiger charge is -2.26. The molecule has 3 nitrogen and oxygen atoms in total. The zero-order valence-corrected chi connectivity index (χ0v) is 10.2. The molecular formula is C14H19NO2. The fourth-order valence-electron chi connectivity index (χ4n) is 2.62. The van der Waals surface area contributed by atoms with E-state index >= 15 is 0 Å². The van der Waals surface area contributed by atoms with Gasteiger partial charge in [0, 0.05) is 24.7 Å². The van der Waals surface area contributed by atoms with E-state index in [1.807, 2.05) is 0 Å². The van der Waals surface area contributed by atoms with Gasteiger partial charge in [0.2, 0.25) is 0 Å². The van der Waals surface area contributed by atoms with Crippen molar-refractivity contribution in [3.05, 3.63) is 29.8 Å². The SMILES string of the molecule is CCCN1c2ccccc2CC1CCC(=O)O. The minimum atomic E-state index is -0.697. The summed E-state index contributed by atoms with van der Waals surface area (Å²) in [6, 6.07) is 8.78. The van der Waals surface area contributed by atoms with Crippen molar-refractivity contribution in [2.24, 2.45) is 0 Å². The number of rotatable bonds is 5. The fourth-order valence-corrected chi connectivity index (χ4v) is 2.62. The number of benzene rings is 1. The number of carboxylic acids is 1. The second kappa shape index (κ2) is 5.21. The summed E-state index contributed by atoms with van der Waals surface area (Å²) < 4.78 is 0. The van der Waals surface area contributed by atoms with Crippen LogP contribution in [0.1, 0.15) is 31.7 Å². The number of para-hydroxylation sites is 1. The highest BCUT2D eigenvalue weighted by Gasteiger charge is 2.28. The Balaban J connectivity index is 2.11. The molecule has 1 atom stereocenters. The topological polar surface area (TPSA) is 40.5 Å². The van der Waals surface area contributed by atoms with Crippen molar-refractivity contribution in [3.63, 3.8) is 0 Å². The summed E-state index contributed by atoms with van der Waals surface area (Å²) in [5.41, 5.74) is 2.65. The van der Waals surface area contributed by atoms with Crippen molar-refractivity contribution in [1.29, 1.82) is 0 Å². The first-order chi connectivity index (χ1) is 8.22. The van der Waals surface area contributed by atoms with Crippen LogP contribution in [0.5, 0.6) is 0 Å². The maximum atomic E-state index is 10.7. The van der Waals surface area contributed by atoms with Gasteiger partial charge >= 0.3 is 5.97 Å². The minimum absolute atomic E-state index is 0.263. The van der Waals surface area contributed by atoms with Crippen molar-refractivity contribution in [1.82, 2.24) is 0 Å². The summed E-state index contributed by atoms with van der Waals surface area (Å²) in [7, 11) is 0. The molecule has 1 heterocycles. The van der Waals surface area contributed by atoms with Crippen LogP contribution in [-0.4, -0.2) is 23.7 Å². The number of hydrogen-bond donors (Lipinski definition) is 1. The molecule has 1 N–H and O–H groups in total. The number of hydrogen-bond acceptors (Lipinski definition) is 2. The van der Waals surface area contributed by atoms with E-state index in [1.165, 1.54) is 11.3 Å². The Hall–Kier alpha value is -1.51. The van der Waals surface area contributed by atoms with E-state index < -0.39 is 5.97 Å². The van der Waals surface area contributed by atoms with Gasteiger partial charge in [0.1, 0.15) is 0 Å². The molecule has 2 rings (SSSR count). The zero-order chi connectivity index (χ0) is 12.3.